The first-order valence-corrected chi connectivity index (χ1v) is 9.85. The molecule has 0 bridgehead atoms. The van der Waals surface area contributed by atoms with Crippen molar-refractivity contribution in [2.45, 2.75) is 6.54 Å². The topological polar surface area (TPSA) is 96.4 Å². The average Bonchev–Trinajstić information content (AvgIpc) is 3.04. The molecule has 0 radical (unpaired) electrons. The normalized spacial score (nSPS) is 11.3. The van der Waals surface area contributed by atoms with Crippen LogP contribution in [0.15, 0.2) is 83.0 Å². The number of phenolic OH excluding ortho intramolecular Hbond substituents is 1. The number of fused-ring (bicyclic) bond motifs is 1. The summed E-state index contributed by atoms with van der Waals surface area (Å²) in [5.41, 5.74) is 0.909. The molecule has 1 heterocycles. The van der Waals surface area contributed by atoms with Crippen molar-refractivity contribution in [2.75, 3.05) is 6.61 Å². The summed E-state index contributed by atoms with van der Waals surface area (Å²) in [5, 5.41) is 29.4. The Morgan fingerprint density at radius 3 is 2.48 bits per heavy atom. The van der Waals surface area contributed by atoms with Gasteiger partial charge in [0, 0.05) is 5.39 Å². The number of nitrogens with zero attached hydrogens (tertiary/aromatic N) is 3. The SMILES string of the molecule is O=C(N=Nc1c(O)n(CCOc2ccccc2Cl)c2ccccc12)c1ccccc1O. The molecule has 4 aromatic rings. The van der Waals surface area contributed by atoms with Crippen LogP contribution in [0, 0.1) is 0 Å². The van der Waals surface area contributed by atoms with Gasteiger partial charge in [-0.05, 0) is 30.3 Å². The van der Waals surface area contributed by atoms with Crippen LogP contribution in [0.25, 0.3) is 10.9 Å². The highest BCUT2D eigenvalue weighted by molar-refractivity contribution is 6.32. The molecule has 31 heavy (non-hydrogen) atoms. The predicted molar refractivity (Wildman–Crippen MR) is 118 cm³/mol. The Morgan fingerprint density at radius 2 is 1.68 bits per heavy atom. The second kappa shape index (κ2) is 8.89. The Bertz CT molecular complexity index is 1280. The predicted octanol–water partition coefficient (Wildman–Crippen LogP) is 5.71. The maximum absolute atomic E-state index is 12.3. The van der Waals surface area contributed by atoms with Crippen LogP contribution in [0.2, 0.25) is 5.02 Å². The summed E-state index contributed by atoms with van der Waals surface area (Å²) in [4.78, 5) is 12.3. The number of aromatic hydroxyl groups is 2. The van der Waals surface area contributed by atoms with Gasteiger partial charge >= 0.3 is 0 Å². The monoisotopic (exact) mass is 435 g/mol. The molecule has 4 rings (SSSR count). The van der Waals surface area contributed by atoms with E-state index in [1.807, 2.05) is 24.3 Å². The van der Waals surface area contributed by atoms with E-state index in [0.717, 1.165) is 0 Å². The summed E-state index contributed by atoms with van der Waals surface area (Å²) < 4.78 is 7.35. The first kappa shape index (κ1) is 20.4. The van der Waals surface area contributed by atoms with Crippen LogP contribution in [-0.4, -0.2) is 27.3 Å². The summed E-state index contributed by atoms with van der Waals surface area (Å²) >= 11 is 6.11. The fourth-order valence-electron chi connectivity index (χ4n) is 3.21. The van der Waals surface area contributed by atoms with Crippen LogP contribution >= 0.6 is 11.6 Å². The van der Waals surface area contributed by atoms with Gasteiger partial charge in [0.15, 0.2) is 5.69 Å². The summed E-state index contributed by atoms with van der Waals surface area (Å²) in [6.45, 7) is 0.573. The molecule has 0 aliphatic heterocycles. The van der Waals surface area contributed by atoms with E-state index in [-0.39, 0.29) is 29.5 Å². The molecule has 0 fully saturated rings. The lowest BCUT2D eigenvalue weighted by Gasteiger charge is -2.10. The lowest BCUT2D eigenvalue weighted by Crippen LogP contribution is -2.07. The number of hydrogen-bond donors (Lipinski definition) is 2. The van der Waals surface area contributed by atoms with Gasteiger partial charge in [-0.25, -0.2) is 0 Å². The minimum Gasteiger partial charge on any atom is -0.507 e. The second-order valence-electron chi connectivity index (χ2n) is 6.64. The highest BCUT2D eigenvalue weighted by Gasteiger charge is 2.17. The molecule has 0 saturated heterocycles. The molecular weight excluding hydrogens is 418 g/mol. The number of aromatic nitrogens is 1. The lowest BCUT2D eigenvalue weighted by molar-refractivity contribution is 0.0992. The summed E-state index contributed by atoms with van der Waals surface area (Å²) in [6, 6.07) is 20.4. The fraction of sp³-hybridized carbons (Fsp3) is 0.0870. The van der Waals surface area contributed by atoms with Crippen molar-refractivity contribution in [3.8, 4) is 17.4 Å². The molecule has 2 N–H and O–H groups in total. The number of halogens is 1. The fourth-order valence-corrected chi connectivity index (χ4v) is 3.40. The lowest BCUT2D eigenvalue weighted by atomic mass is 10.2. The molecule has 156 valence electrons. The minimum absolute atomic E-state index is 0.0302. The van der Waals surface area contributed by atoms with Crippen molar-refractivity contribution in [1.82, 2.24) is 4.57 Å². The van der Waals surface area contributed by atoms with Crippen molar-refractivity contribution in [3.05, 3.63) is 83.4 Å². The van der Waals surface area contributed by atoms with Gasteiger partial charge in [0.05, 0.1) is 22.6 Å². The number of ether oxygens (including phenoxy) is 1. The van der Waals surface area contributed by atoms with Crippen molar-refractivity contribution in [1.29, 1.82) is 0 Å². The molecule has 7 nitrogen and oxygen atoms in total. The van der Waals surface area contributed by atoms with Gasteiger partial charge < -0.3 is 19.5 Å². The molecular formula is C23H18ClN3O4. The van der Waals surface area contributed by atoms with Gasteiger partial charge in [0.1, 0.15) is 18.1 Å². The molecule has 0 saturated carbocycles. The van der Waals surface area contributed by atoms with Gasteiger partial charge in [-0.1, -0.05) is 54.1 Å². The van der Waals surface area contributed by atoms with Crippen LogP contribution < -0.4 is 4.74 Å². The number of phenols is 1. The van der Waals surface area contributed by atoms with Gasteiger partial charge in [0.2, 0.25) is 5.88 Å². The molecule has 8 heteroatoms. The summed E-state index contributed by atoms with van der Waals surface area (Å²) in [5.74, 6) is -0.489. The van der Waals surface area contributed by atoms with Crippen LogP contribution in [0.1, 0.15) is 10.4 Å². The van der Waals surface area contributed by atoms with Crippen LogP contribution in [-0.2, 0) is 6.54 Å². The van der Waals surface area contributed by atoms with E-state index in [1.54, 1.807) is 41.0 Å². The first-order valence-electron chi connectivity index (χ1n) is 9.48. The number of hydrogen-bond acceptors (Lipinski definition) is 5. The number of azo groups is 1. The Kier molecular flexibility index (Phi) is 5.86. The van der Waals surface area contributed by atoms with Crippen LogP contribution in [0.4, 0.5) is 5.69 Å². The van der Waals surface area contributed by atoms with Crippen molar-refractivity contribution in [3.63, 3.8) is 0 Å². The standard InChI is InChI=1S/C23H18ClN3O4/c24-17-9-3-6-12-20(17)31-14-13-27-18-10-4-1-7-15(18)21(23(27)30)25-26-22(29)16-8-2-5-11-19(16)28/h1-12,28,30H,13-14H2. The average molecular weight is 436 g/mol. The zero-order chi connectivity index (χ0) is 21.8. The third-order valence-corrected chi connectivity index (χ3v) is 5.01. The quantitative estimate of drug-likeness (QED) is 0.379. The maximum atomic E-state index is 12.3. The molecule has 3 aromatic carbocycles. The van der Waals surface area contributed by atoms with Gasteiger partial charge in [0.25, 0.3) is 5.91 Å². The number of rotatable bonds is 6. The smallest absolute Gasteiger partial charge is 0.299 e. The van der Waals surface area contributed by atoms with Gasteiger partial charge in [-0.15, -0.1) is 10.2 Å². The third-order valence-electron chi connectivity index (χ3n) is 4.70. The number of benzene rings is 3. The Morgan fingerprint density at radius 1 is 0.968 bits per heavy atom. The highest BCUT2D eigenvalue weighted by atomic mass is 35.5. The molecule has 0 aliphatic rings. The largest absolute Gasteiger partial charge is 0.507 e. The Hall–Kier alpha value is -3.84. The van der Waals surface area contributed by atoms with Crippen molar-refractivity contribution in [2.24, 2.45) is 10.2 Å². The first-order chi connectivity index (χ1) is 15.1. The third kappa shape index (κ3) is 4.22. The molecule has 0 aliphatic carbocycles. The van der Waals surface area contributed by atoms with E-state index >= 15 is 0 Å². The van der Waals surface area contributed by atoms with Crippen molar-refractivity contribution < 1.29 is 19.7 Å². The minimum atomic E-state index is -0.712. The molecule has 1 amide bonds. The van der Waals surface area contributed by atoms with E-state index in [2.05, 4.69) is 10.2 Å². The maximum Gasteiger partial charge on any atom is 0.299 e. The molecule has 0 atom stereocenters. The Labute approximate surface area is 182 Å². The second-order valence-corrected chi connectivity index (χ2v) is 7.05. The van der Waals surface area contributed by atoms with E-state index in [9.17, 15) is 15.0 Å². The van der Waals surface area contributed by atoms with Gasteiger partial charge in [-0.3, -0.25) is 4.79 Å². The Balaban J connectivity index is 1.60. The number of para-hydroxylation sites is 3. The van der Waals surface area contributed by atoms with E-state index in [1.165, 1.54) is 12.1 Å². The summed E-state index contributed by atoms with van der Waals surface area (Å²) in [6.07, 6.45) is 0. The van der Waals surface area contributed by atoms with Crippen LogP contribution in [0.3, 0.4) is 0 Å². The summed E-state index contributed by atoms with van der Waals surface area (Å²) in [7, 11) is 0. The number of amides is 1. The number of carbonyl (C=O) groups excluding carboxylic acids is 1. The van der Waals surface area contributed by atoms with E-state index in [0.29, 0.717) is 28.2 Å². The zero-order valence-corrected chi connectivity index (χ0v) is 17.0. The highest BCUT2D eigenvalue weighted by Crippen LogP contribution is 2.39. The van der Waals surface area contributed by atoms with Crippen molar-refractivity contribution >= 4 is 34.1 Å². The van der Waals surface area contributed by atoms with E-state index < -0.39 is 5.91 Å². The molecule has 0 spiro atoms. The van der Waals surface area contributed by atoms with Gasteiger partial charge in [-0.2, -0.15) is 0 Å². The zero-order valence-electron chi connectivity index (χ0n) is 16.3. The van der Waals surface area contributed by atoms with Crippen LogP contribution in [0.5, 0.6) is 17.4 Å². The molecule has 0 unspecified atom stereocenters. The number of carbonyl (C=O) groups is 1. The molecule has 1 aromatic heterocycles. The van der Waals surface area contributed by atoms with E-state index in [4.69, 9.17) is 16.3 Å².